The molecular weight excluding hydrogens is 350 g/mol. The monoisotopic (exact) mass is 369 g/mol. The Balaban J connectivity index is 1.49. The predicted molar refractivity (Wildman–Crippen MR) is 88.1 cm³/mol. The Morgan fingerprint density at radius 3 is 2.80 bits per heavy atom. The quantitative estimate of drug-likeness (QED) is 0.775. The number of rotatable bonds is 5. The van der Waals surface area contributed by atoms with Crippen LogP contribution >= 0.6 is 0 Å². The van der Waals surface area contributed by atoms with Crippen molar-refractivity contribution in [2.45, 2.75) is 25.9 Å². The average molecular weight is 369 g/mol. The highest BCUT2D eigenvalue weighted by atomic mass is 32.2. The summed E-state index contributed by atoms with van der Waals surface area (Å²) >= 11 is 0. The molecule has 3 rings (SSSR count). The van der Waals surface area contributed by atoms with Crippen LogP contribution in [0.5, 0.6) is 11.5 Å². The Labute approximate surface area is 145 Å². The number of anilines is 1. The van der Waals surface area contributed by atoms with Crippen molar-refractivity contribution < 1.29 is 32.2 Å². The first-order valence-corrected chi connectivity index (χ1v) is 9.75. The van der Waals surface area contributed by atoms with Crippen LogP contribution in [-0.4, -0.2) is 44.7 Å². The molecule has 0 bridgehead atoms. The van der Waals surface area contributed by atoms with Gasteiger partial charge in [-0.3, -0.25) is 9.59 Å². The van der Waals surface area contributed by atoms with Crippen molar-refractivity contribution >= 4 is 27.4 Å². The topological polar surface area (TPSA) is 108 Å². The van der Waals surface area contributed by atoms with Crippen molar-refractivity contribution in [1.82, 2.24) is 0 Å². The zero-order valence-electron chi connectivity index (χ0n) is 13.7. The van der Waals surface area contributed by atoms with Crippen LogP contribution < -0.4 is 14.8 Å². The Hall–Kier alpha value is -2.29. The average Bonchev–Trinajstić information content (AvgIpc) is 3.12. The summed E-state index contributed by atoms with van der Waals surface area (Å²) in [4.78, 5) is 24.0. The molecule has 0 unspecified atom stereocenters. The number of fused-ring (bicyclic) bond motifs is 1. The number of benzene rings is 1. The minimum Gasteiger partial charge on any atom is -0.454 e. The summed E-state index contributed by atoms with van der Waals surface area (Å²) in [5.74, 6) is -0.0532. The molecule has 0 radical (unpaired) electrons. The molecular formula is C16H19NO7S. The van der Waals surface area contributed by atoms with Gasteiger partial charge in [0.15, 0.2) is 27.4 Å². The molecule has 2 aliphatic rings. The molecule has 1 N–H and O–H groups in total. The van der Waals surface area contributed by atoms with Gasteiger partial charge in [-0.15, -0.1) is 0 Å². The van der Waals surface area contributed by atoms with Gasteiger partial charge in [0.2, 0.25) is 6.79 Å². The number of ether oxygens (including phenoxy) is 3. The summed E-state index contributed by atoms with van der Waals surface area (Å²) in [6.07, 6.45) is -0.535. The maximum atomic E-state index is 12.1. The number of hydrogen-bond donors (Lipinski definition) is 1. The summed E-state index contributed by atoms with van der Waals surface area (Å²) < 4.78 is 38.3. The molecule has 25 heavy (non-hydrogen) atoms. The first kappa shape index (κ1) is 17.5. The third-order valence-corrected chi connectivity index (χ3v) is 5.94. The molecule has 0 aromatic heterocycles. The smallest absolute Gasteiger partial charge is 0.306 e. The molecule has 1 aromatic rings. The molecule has 2 atom stereocenters. The van der Waals surface area contributed by atoms with Gasteiger partial charge in [-0.1, -0.05) is 0 Å². The Morgan fingerprint density at radius 1 is 1.32 bits per heavy atom. The van der Waals surface area contributed by atoms with Gasteiger partial charge in [0, 0.05) is 18.2 Å². The van der Waals surface area contributed by atoms with Gasteiger partial charge in [0.05, 0.1) is 11.5 Å². The lowest BCUT2D eigenvalue weighted by molar-refractivity contribution is -0.153. The summed E-state index contributed by atoms with van der Waals surface area (Å²) in [7, 11) is -3.04. The van der Waals surface area contributed by atoms with Gasteiger partial charge in [0.1, 0.15) is 0 Å². The van der Waals surface area contributed by atoms with Gasteiger partial charge >= 0.3 is 5.97 Å². The normalized spacial score (nSPS) is 21.6. The highest BCUT2D eigenvalue weighted by Crippen LogP contribution is 2.34. The van der Waals surface area contributed by atoms with Gasteiger partial charge in [-0.2, -0.15) is 0 Å². The van der Waals surface area contributed by atoms with Crippen LogP contribution in [0.4, 0.5) is 5.69 Å². The largest absolute Gasteiger partial charge is 0.454 e. The van der Waals surface area contributed by atoms with Crippen LogP contribution in [0.3, 0.4) is 0 Å². The van der Waals surface area contributed by atoms with E-state index < -0.39 is 27.8 Å². The standard InChI is InChI=1S/C16H19NO7S/c1-10(24-15(18)6-11-4-5-25(20,21)8-11)16(19)17-12-2-3-13-14(7-12)23-9-22-13/h2-3,7,10-11H,4-6,8-9H2,1H3,(H,17,19)/t10-,11-/m0/s1. The minimum absolute atomic E-state index is 0.000125. The number of carbonyl (C=O) groups excluding carboxylic acids is 2. The van der Waals surface area contributed by atoms with E-state index in [9.17, 15) is 18.0 Å². The number of hydrogen-bond acceptors (Lipinski definition) is 7. The van der Waals surface area contributed by atoms with Crippen LogP contribution in [0.2, 0.25) is 0 Å². The van der Waals surface area contributed by atoms with E-state index in [4.69, 9.17) is 14.2 Å². The molecule has 1 aromatic carbocycles. The fraction of sp³-hybridized carbons (Fsp3) is 0.500. The number of sulfone groups is 1. The second-order valence-electron chi connectivity index (χ2n) is 6.16. The lowest BCUT2D eigenvalue weighted by Crippen LogP contribution is -2.30. The zero-order chi connectivity index (χ0) is 18.0. The lowest BCUT2D eigenvalue weighted by atomic mass is 10.1. The predicted octanol–water partition coefficient (Wildman–Crippen LogP) is 1.11. The van der Waals surface area contributed by atoms with E-state index in [-0.39, 0.29) is 30.6 Å². The van der Waals surface area contributed by atoms with Crippen LogP contribution in [0.15, 0.2) is 18.2 Å². The van der Waals surface area contributed by atoms with E-state index in [1.807, 2.05) is 0 Å². The van der Waals surface area contributed by atoms with Gasteiger partial charge in [-0.25, -0.2) is 8.42 Å². The molecule has 9 heteroatoms. The molecule has 0 saturated carbocycles. The fourth-order valence-electron chi connectivity index (χ4n) is 2.79. The Morgan fingerprint density at radius 2 is 2.08 bits per heavy atom. The number of nitrogens with one attached hydrogen (secondary N) is 1. The highest BCUT2D eigenvalue weighted by molar-refractivity contribution is 7.91. The highest BCUT2D eigenvalue weighted by Gasteiger charge is 2.30. The summed E-state index contributed by atoms with van der Waals surface area (Å²) in [5.41, 5.74) is 0.499. The Bertz CT molecular complexity index is 790. The van der Waals surface area contributed by atoms with E-state index in [2.05, 4.69) is 5.32 Å². The molecule has 1 amide bonds. The maximum Gasteiger partial charge on any atom is 0.306 e. The Kier molecular flexibility index (Phi) is 4.85. The van der Waals surface area contributed by atoms with Crippen molar-refractivity contribution in [3.8, 4) is 11.5 Å². The number of esters is 1. The van der Waals surface area contributed by atoms with E-state index in [1.54, 1.807) is 18.2 Å². The van der Waals surface area contributed by atoms with Gasteiger partial charge in [0.25, 0.3) is 5.91 Å². The van der Waals surface area contributed by atoms with Gasteiger partial charge in [-0.05, 0) is 31.4 Å². The molecule has 2 heterocycles. The third-order valence-electron chi connectivity index (χ3n) is 4.10. The summed E-state index contributed by atoms with van der Waals surface area (Å²) in [6, 6.07) is 4.96. The molecule has 136 valence electrons. The van der Waals surface area contributed by atoms with Crippen LogP contribution in [0.25, 0.3) is 0 Å². The van der Waals surface area contributed by atoms with E-state index in [0.29, 0.717) is 23.6 Å². The van der Waals surface area contributed by atoms with E-state index >= 15 is 0 Å². The minimum atomic E-state index is -3.04. The van der Waals surface area contributed by atoms with Crippen LogP contribution in [0.1, 0.15) is 19.8 Å². The molecule has 8 nitrogen and oxygen atoms in total. The van der Waals surface area contributed by atoms with Crippen molar-refractivity contribution in [2.75, 3.05) is 23.6 Å². The van der Waals surface area contributed by atoms with Crippen LogP contribution in [-0.2, 0) is 24.2 Å². The van der Waals surface area contributed by atoms with Crippen LogP contribution in [0, 0.1) is 5.92 Å². The fourth-order valence-corrected chi connectivity index (χ4v) is 4.65. The zero-order valence-corrected chi connectivity index (χ0v) is 14.5. The van der Waals surface area contributed by atoms with Crippen molar-refractivity contribution in [3.63, 3.8) is 0 Å². The first-order valence-electron chi connectivity index (χ1n) is 7.93. The van der Waals surface area contributed by atoms with Crippen molar-refractivity contribution in [3.05, 3.63) is 18.2 Å². The van der Waals surface area contributed by atoms with Crippen molar-refractivity contribution in [1.29, 1.82) is 0 Å². The number of amides is 1. The van der Waals surface area contributed by atoms with Crippen molar-refractivity contribution in [2.24, 2.45) is 5.92 Å². The SMILES string of the molecule is C[C@H](OC(=O)C[C@@H]1CCS(=O)(=O)C1)C(=O)Nc1ccc2c(c1)OCO2. The van der Waals surface area contributed by atoms with E-state index in [0.717, 1.165) is 0 Å². The lowest BCUT2D eigenvalue weighted by Gasteiger charge is -2.15. The molecule has 0 spiro atoms. The second kappa shape index (κ2) is 6.91. The molecule has 1 saturated heterocycles. The molecule has 0 aliphatic carbocycles. The maximum absolute atomic E-state index is 12.1. The summed E-state index contributed by atoms with van der Waals surface area (Å²) in [6.45, 7) is 1.60. The van der Waals surface area contributed by atoms with E-state index in [1.165, 1.54) is 6.92 Å². The van der Waals surface area contributed by atoms with Gasteiger partial charge < -0.3 is 19.5 Å². The second-order valence-corrected chi connectivity index (χ2v) is 8.39. The third kappa shape index (κ3) is 4.41. The first-order chi connectivity index (χ1) is 11.8. The summed E-state index contributed by atoms with van der Waals surface area (Å²) in [5, 5.41) is 2.64. The molecule has 1 fully saturated rings. The molecule has 2 aliphatic heterocycles. The number of carbonyl (C=O) groups is 2.